The number of fused-ring (bicyclic) bond motifs is 1. The van der Waals surface area contributed by atoms with E-state index < -0.39 is 0 Å². The number of nitrogens with two attached hydrogens (primary N) is 1. The van der Waals surface area contributed by atoms with Gasteiger partial charge in [-0.1, -0.05) is 41.7 Å². The summed E-state index contributed by atoms with van der Waals surface area (Å²) in [4.78, 5) is 19.6. The maximum absolute atomic E-state index is 12.6. The number of amides is 1. The third kappa shape index (κ3) is 5.50. The zero-order valence-electron chi connectivity index (χ0n) is 22.7. The number of carbonyl (C=O) groups excluding carboxylic acids is 1. The van der Waals surface area contributed by atoms with Crippen molar-refractivity contribution in [1.29, 1.82) is 0 Å². The number of para-hydroxylation sites is 2. The number of benzene rings is 4. The van der Waals surface area contributed by atoms with Crippen molar-refractivity contribution in [2.75, 3.05) is 44.3 Å². The third-order valence-electron chi connectivity index (χ3n) is 6.55. The fourth-order valence-electron chi connectivity index (χ4n) is 4.41. The fraction of sp³-hybridized carbons (Fsp3) is 0.161. The molecule has 0 aliphatic heterocycles. The summed E-state index contributed by atoms with van der Waals surface area (Å²) < 4.78 is 17.6. The van der Waals surface area contributed by atoms with Crippen LogP contribution in [0.5, 0.6) is 17.2 Å². The van der Waals surface area contributed by atoms with Crippen LogP contribution < -0.4 is 30.2 Å². The van der Waals surface area contributed by atoms with E-state index >= 15 is 0 Å². The minimum Gasteiger partial charge on any atom is -0.493 e. The van der Waals surface area contributed by atoms with Gasteiger partial charge in [-0.3, -0.25) is 4.79 Å². The lowest BCUT2D eigenvalue weighted by Gasteiger charge is -2.16. The Morgan fingerprint density at radius 1 is 0.900 bits per heavy atom. The summed E-state index contributed by atoms with van der Waals surface area (Å²) in [7, 11) is 6.82. The number of carbonyl (C=O) groups is 1. The van der Waals surface area contributed by atoms with Gasteiger partial charge in [0.15, 0.2) is 16.6 Å². The summed E-state index contributed by atoms with van der Waals surface area (Å²) in [5.74, 6) is 1.56. The van der Waals surface area contributed by atoms with Crippen LogP contribution >= 0.6 is 11.3 Å². The number of ether oxygens (including phenoxy) is 3. The molecule has 5 rings (SSSR count). The van der Waals surface area contributed by atoms with Gasteiger partial charge in [-0.15, -0.1) is 0 Å². The van der Waals surface area contributed by atoms with Gasteiger partial charge >= 0.3 is 0 Å². The molecule has 0 spiro atoms. The molecule has 0 saturated heterocycles. The van der Waals surface area contributed by atoms with Crippen molar-refractivity contribution in [1.82, 2.24) is 4.98 Å². The number of nitrogens with one attached hydrogen (secondary N) is 1. The highest BCUT2D eigenvalue weighted by Gasteiger charge is 2.16. The molecule has 0 unspecified atom stereocenters. The van der Waals surface area contributed by atoms with Crippen molar-refractivity contribution in [3.63, 3.8) is 0 Å². The number of nitrogen functional groups attached to an aromatic ring is 1. The van der Waals surface area contributed by atoms with Gasteiger partial charge in [-0.25, -0.2) is 4.98 Å². The van der Waals surface area contributed by atoms with E-state index in [0.29, 0.717) is 40.7 Å². The second-order valence-electron chi connectivity index (χ2n) is 9.19. The molecule has 0 bridgehead atoms. The topological polar surface area (TPSA) is 98.9 Å². The highest BCUT2D eigenvalue weighted by molar-refractivity contribution is 7.22. The number of anilines is 3. The molecular formula is C31H30N4O4S. The molecule has 1 amide bonds. The average molecular weight is 555 g/mol. The first-order valence-corrected chi connectivity index (χ1v) is 13.4. The Hall–Kier alpha value is -4.76. The van der Waals surface area contributed by atoms with Crippen LogP contribution in [0, 0.1) is 0 Å². The maximum atomic E-state index is 12.6. The Balaban J connectivity index is 1.31. The van der Waals surface area contributed by atoms with Gasteiger partial charge in [0.05, 0.1) is 42.9 Å². The van der Waals surface area contributed by atoms with Crippen LogP contribution in [0.15, 0.2) is 78.9 Å². The molecule has 3 N–H and O–H groups in total. The summed E-state index contributed by atoms with van der Waals surface area (Å²) in [5, 5.41) is 3.76. The minimum absolute atomic E-state index is 0.202. The molecule has 4 aromatic carbocycles. The van der Waals surface area contributed by atoms with E-state index in [1.54, 1.807) is 44.8 Å². The highest BCUT2D eigenvalue weighted by atomic mass is 32.1. The van der Waals surface area contributed by atoms with Crippen LogP contribution in [0.1, 0.15) is 15.9 Å². The van der Waals surface area contributed by atoms with Crippen LogP contribution in [-0.4, -0.2) is 39.3 Å². The van der Waals surface area contributed by atoms with Gasteiger partial charge in [-0.05, 0) is 65.2 Å². The molecule has 0 aliphatic carbocycles. The normalized spacial score (nSPS) is 10.8. The van der Waals surface area contributed by atoms with Crippen LogP contribution in [0.3, 0.4) is 0 Å². The summed E-state index contributed by atoms with van der Waals surface area (Å²) in [5.41, 5.74) is 11.5. The van der Waals surface area contributed by atoms with Crippen molar-refractivity contribution < 1.29 is 19.0 Å². The molecule has 0 saturated carbocycles. The van der Waals surface area contributed by atoms with E-state index in [1.807, 2.05) is 55.6 Å². The van der Waals surface area contributed by atoms with E-state index in [9.17, 15) is 4.79 Å². The number of thiazole rings is 1. The molecule has 40 heavy (non-hydrogen) atoms. The van der Waals surface area contributed by atoms with Gasteiger partial charge < -0.3 is 30.2 Å². The number of rotatable bonds is 9. The number of nitrogens with zero attached hydrogens (tertiary/aromatic N) is 2. The monoisotopic (exact) mass is 554 g/mol. The Bertz CT molecular complexity index is 1640. The van der Waals surface area contributed by atoms with Crippen LogP contribution in [-0.2, 0) is 6.54 Å². The summed E-state index contributed by atoms with van der Waals surface area (Å²) in [6.45, 7) is 0.646. The first-order chi connectivity index (χ1) is 19.4. The first-order valence-electron chi connectivity index (χ1n) is 12.6. The van der Waals surface area contributed by atoms with Crippen molar-refractivity contribution in [2.45, 2.75) is 6.54 Å². The molecule has 9 heteroatoms. The average Bonchev–Trinajstić information content (AvgIpc) is 3.41. The second kappa shape index (κ2) is 11.5. The van der Waals surface area contributed by atoms with Crippen LogP contribution in [0.4, 0.5) is 16.5 Å². The minimum atomic E-state index is -0.202. The molecule has 0 aliphatic rings. The van der Waals surface area contributed by atoms with Gasteiger partial charge in [0.1, 0.15) is 0 Å². The van der Waals surface area contributed by atoms with E-state index in [1.165, 1.54) is 0 Å². The quantitative estimate of drug-likeness (QED) is 0.202. The van der Waals surface area contributed by atoms with Crippen LogP contribution in [0.25, 0.3) is 21.3 Å². The molecule has 0 radical (unpaired) electrons. The largest absolute Gasteiger partial charge is 0.493 e. The number of hydrogen-bond donors (Lipinski definition) is 2. The predicted molar refractivity (Wildman–Crippen MR) is 162 cm³/mol. The maximum Gasteiger partial charge on any atom is 0.255 e. The van der Waals surface area contributed by atoms with Crippen molar-refractivity contribution in [2.24, 2.45) is 0 Å². The zero-order chi connectivity index (χ0) is 28.2. The Morgan fingerprint density at radius 3 is 2.25 bits per heavy atom. The van der Waals surface area contributed by atoms with E-state index in [2.05, 4.69) is 28.4 Å². The molecule has 5 aromatic rings. The van der Waals surface area contributed by atoms with E-state index in [-0.39, 0.29) is 5.91 Å². The fourth-order valence-corrected chi connectivity index (χ4v) is 5.32. The summed E-state index contributed by atoms with van der Waals surface area (Å²) in [6, 6.07) is 24.8. The lowest BCUT2D eigenvalue weighted by Crippen LogP contribution is -2.16. The molecule has 1 aromatic heterocycles. The Labute approximate surface area is 236 Å². The van der Waals surface area contributed by atoms with Gasteiger partial charge in [0.25, 0.3) is 5.91 Å². The van der Waals surface area contributed by atoms with Gasteiger partial charge in [-0.2, -0.15) is 0 Å². The van der Waals surface area contributed by atoms with E-state index in [4.69, 9.17) is 24.9 Å². The summed E-state index contributed by atoms with van der Waals surface area (Å²) >= 11 is 1.63. The van der Waals surface area contributed by atoms with Gasteiger partial charge in [0, 0.05) is 19.2 Å². The number of methoxy groups -OCH3 is 3. The van der Waals surface area contributed by atoms with Crippen molar-refractivity contribution in [3.8, 4) is 28.4 Å². The number of hydrogen-bond acceptors (Lipinski definition) is 8. The number of aromatic nitrogens is 1. The van der Waals surface area contributed by atoms with Crippen LogP contribution in [0.2, 0.25) is 0 Å². The standard InChI is InChI=1S/C31H30N4O4S/c1-35(18-19-9-11-20(12-10-19)30(36)33-24-8-6-5-7-23(24)32)31-34-25-15-21(13-14-28(25)40-31)22-16-26(37-2)29(39-4)27(17-22)38-3/h5-17H,18,32H2,1-4H3,(H,33,36). The summed E-state index contributed by atoms with van der Waals surface area (Å²) in [6.07, 6.45) is 0. The smallest absolute Gasteiger partial charge is 0.255 e. The molecule has 0 atom stereocenters. The Morgan fingerprint density at radius 2 is 1.60 bits per heavy atom. The third-order valence-corrected chi connectivity index (χ3v) is 7.70. The molecule has 204 valence electrons. The van der Waals surface area contributed by atoms with E-state index in [0.717, 1.165) is 32.0 Å². The van der Waals surface area contributed by atoms with Crippen molar-refractivity contribution in [3.05, 3.63) is 90.0 Å². The zero-order valence-corrected chi connectivity index (χ0v) is 23.5. The SMILES string of the molecule is COc1cc(-c2ccc3sc(N(C)Cc4ccc(C(=O)Nc5ccccc5N)cc4)nc3c2)cc(OC)c1OC. The Kier molecular flexibility index (Phi) is 7.75. The van der Waals surface area contributed by atoms with Crippen molar-refractivity contribution >= 4 is 44.0 Å². The molecular weight excluding hydrogens is 524 g/mol. The first kappa shape index (κ1) is 26.8. The molecule has 1 heterocycles. The van der Waals surface area contributed by atoms with Gasteiger partial charge in [0.2, 0.25) is 5.75 Å². The lowest BCUT2D eigenvalue weighted by molar-refractivity contribution is 0.102. The molecule has 0 fully saturated rings. The second-order valence-corrected chi connectivity index (χ2v) is 10.2. The highest BCUT2D eigenvalue weighted by Crippen LogP contribution is 2.42. The molecule has 8 nitrogen and oxygen atoms in total. The predicted octanol–water partition coefficient (Wildman–Crippen LogP) is 6.46. The lowest BCUT2D eigenvalue weighted by atomic mass is 10.0.